The third-order valence-corrected chi connectivity index (χ3v) is 1.60. The second-order valence-electron chi connectivity index (χ2n) is 2.52. The van der Waals surface area contributed by atoms with Crippen molar-refractivity contribution in [3.8, 4) is 0 Å². The van der Waals surface area contributed by atoms with Gasteiger partial charge in [0.25, 0.3) is 0 Å². The van der Waals surface area contributed by atoms with E-state index < -0.39 is 0 Å². The summed E-state index contributed by atoms with van der Waals surface area (Å²) < 4.78 is 0. The standard InChI is InChI=1S/C8H12N2O/c1-6(10-11)7-3-2-4-8(9)5-7/h2-6,10-11H,9H2,1H3. The van der Waals surface area contributed by atoms with E-state index in [0.717, 1.165) is 5.56 Å². The van der Waals surface area contributed by atoms with Crippen molar-refractivity contribution in [2.24, 2.45) is 0 Å². The van der Waals surface area contributed by atoms with Crippen molar-refractivity contribution in [2.75, 3.05) is 5.73 Å². The summed E-state index contributed by atoms with van der Waals surface area (Å²) >= 11 is 0. The smallest absolute Gasteiger partial charge is 0.0541 e. The molecular formula is C8H12N2O. The number of nitrogens with one attached hydrogen (secondary N) is 1. The summed E-state index contributed by atoms with van der Waals surface area (Å²) in [6.07, 6.45) is 0. The topological polar surface area (TPSA) is 58.3 Å². The zero-order chi connectivity index (χ0) is 8.27. The highest BCUT2D eigenvalue weighted by Gasteiger charge is 2.01. The van der Waals surface area contributed by atoms with Crippen molar-refractivity contribution in [2.45, 2.75) is 13.0 Å². The molecule has 0 aliphatic heterocycles. The van der Waals surface area contributed by atoms with E-state index in [-0.39, 0.29) is 6.04 Å². The molecule has 0 spiro atoms. The molecule has 4 N–H and O–H groups in total. The van der Waals surface area contributed by atoms with E-state index in [2.05, 4.69) is 5.48 Å². The Morgan fingerprint density at radius 2 is 2.27 bits per heavy atom. The van der Waals surface area contributed by atoms with Crippen LogP contribution in [0.2, 0.25) is 0 Å². The van der Waals surface area contributed by atoms with Crippen LogP contribution in [-0.2, 0) is 0 Å². The zero-order valence-corrected chi connectivity index (χ0v) is 6.41. The van der Waals surface area contributed by atoms with Gasteiger partial charge < -0.3 is 10.9 Å². The van der Waals surface area contributed by atoms with Crippen molar-refractivity contribution >= 4 is 5.69 Å². The lowest BCUT2D eigenvalue weighted by Crippen LogP contribution is -2.13. The minimum Gasteiger partial charge on any atom is -0.399 e. The number of nitrogen functional groups attached to an aromatic ring is 1. The van der Waals surface area contributed by atoms with Gasteiger partial charge in [-0.2, -0.15) is 5.48 Å². The lowest BCUT2D eigenvalue weighted by Gasteiger charge is -2.08. The van der Waals surface area contributed by atoms with Gasteiger partial charge in [0.15, 0.2) is 0 Å². The van der Waals surface area contributed by atoms with E-state index in [1.165, 1.54) is 0 Å². The van der Waals surface area contributed by atoms with Gasteiger partial charge in [-0.1, -0.05) is 12.1 Å². The lowest BCUT2D eigenvalue weighted by molar-refractivity contribution is 0.133. The predicted octanol–water partition coefficient (Wildman–Crippen LogP) is 1.31. The Balaban J connectivity index is 2.86. The fourth-order valence-corrected chi connectivity index (χ4v) is 0.903. The molecule has 0 radical (unpaired) electrons. The number of hydroxylamine groups is 1. The molecule has 0 amide bonds. The fourth-order valence-electron chi connectivity index (χ4n) is 0.903. The number of nitrogens with two attached hydrogens (primary N) is 1. The first kappa shape index (κ1) is 8.04. The average Bonchev–Trinajstić information content (AvgIpc) is 2.03. The van der Waals surface area contributed by atoms with Crippen molar-refractivity contribution < 1.29 is 5.21 Å². The van der Waals surface area contributed by atoms with Crippen LogP contribution in [0.3, 0.4) is 0 Å². The van der Waals surface area contributed by atoms with E-state index in [9.17, 15) is 0 Å². The number of anilines is 1. The second-order valence-corrected chi connectivity index (χ2v) is 2.52. The highest BCUT2D eigenvalue weighted by molar-refractivity contribution is 5.41. The number of hydrogen-bond acceptors (Lipinski definition) is 3. The molecule has 1 aromatic carbocycles. The van der Waals surface area contributed by atoms with Crippen molar-refractivity contribution in [1.29, 1.82) is 0 Å². The first-order valence-corrected chi connectivity index (χ1v) is 3.49. The summed E-state index contributed by atoms with van der Waals surface area (Å²) in [4.78, 5) is 0. The van der Waals surface area contributed by atoms with Crippen LogP contribution in [0.5, 0.6) is 0 Å². The molecule has 1 aromatic rings. The van der Waals surface area contributed by atoms with Crippen LogP contribution in [0.1, 0.15) is 18.5 Å². The predicted molar refractivity (Wildman–Crippen MR) is 44.2 cm³/mol. The largest absolute Gasteiger partial charge is 0.399 e. The molecule has 0 heterocycles. The van der Waals surface area contributed by atoms with Gasteiger partial charge in [-0.15, -0.1) is 0 Å². The SMILES string of the molecule is CC(NO)c1cccc(N)c1. The summed E-state index contributed by atoms with van der Waals surface area (Å²) in [6, 6.07) is 7.34. The van der Waals surface area contributed by atoms with Crippen LogP contribution >= 0.6 is 0 Å². The van der Waals surface area contributed by atoms with Gasteiger partial charge in [-0.25, -0.2) is 0 Å². The first-order valence-electron chi connectivity index (χ1n) is 3.49. The van der Waals surface area contributed by atoms with E-state index in [0.29, 0.717) is 5.69 Å². The quantitative estimate of drug-likeness (QED) is 0.442. The minimum atomic E-state index is -0.0708. The summed E-state index contributed by atoms with van der Waals surface area (Å²) in [6.45, 7) is 1.86. The molecule has 0 aliphatic carbocycles. The minimum absolute atomic E-state index is 0.0708. The van der Waals surface area contributed by atoms with Gasteiger partial charge in [-0.3, -0.25) is 0 Å². The molecule has 0 saturated carbocycles. The summed E-state index contributed by atoms with van der Waals surface area (Å²) in [5.74, 6) is 0. The van der Waals surface area contributed by atoms with Crippen LogP contribution in [-0.4, -0.2) is 5.21 Å². The molecule has 0 fully saturated rings. The maximum Gasteiger partial charge on any atom is 0.0541 e. The Morgan fingerprint density at radius 3 is 2.82 bits per heavy atom. The highest BCUT2D eigenvalue weighted by Crippen LogP contribution is 2.13. The molecular weight excluding hydrogens is 140 g/mol. The Kier molecular flexibility index (Phi) is 2.46. The van der Waals surface area contributed by atoms with Crippen LogP contribution in [0, 0.1) is 0 Å². The molecule has 0 aromatic heterocycles. The van der Waals surface area contributed by atoms with Gasteiger partial charge in [0, 0.05) is 5.69 Å². The molecule has 0 saturated heterocycles. The maximum absolute atomic E-state index is 8.59. The van der Waals surface area contributed by atoms with Crippen molar-refractivity contribution in [3.63, 3.8) is 0 Å². The Labute approximate surface area is 65.8 Å². The number of benzene rings is 1. The fraction of sp³-hybridized carbons (Fsp3) is 0.250. The molecule has 0 bridgehead atoms. The molecule has 1 unspecified atom stereocenters. The average molecular weight is 152 g/mol. The van der Waals surface area contributed by atoms with E-state index in [1.807, 2.05) is 31.2 Å². The van der Waals surface area contributed by atoms with Gasteiger partial charge >= 0.3 is 0 Å². The van der Waals surface area contributed by atoms with Gasteiger partial charge in [0.05, 0.1) is 6.04 Å². The van der Waals surface area contributed by atoms with E-state index in [1.54, 1.807) is 0 Å². The van der Waals surface area contributed by atoms with Gasteiger partial charge in [-0.05, 0) is 24.6 Å². The monoisotopic (exact) mass is 152 g/mol. The Hall–Kier alpha value is -1.06. The third-order valence-electron chi connectivity index (χ3n) is 1.60. The Morgan fingerprint density at radius 1 is 1.55 bits per heavy atom. The van der Waals surface area contributed by atoms with Crippen LogP contribution < -0.4 is 11.2 Å². The van der Waals surface area contributed by atoms with Crippen LogP contribution in [0.25, 0.3) is 0 Å². The van der Waals surface area contributed by atoms with Crippen molar-refractivity contribution in [1.82, 2.24) is 5.48 Å². The normalized spacial score (nSPS) is 12.9. The summed E-state index contributed by atoms with van der Waals surface area (Å²) in [7, 11) is 0. The number of hydrogen-bond donors (Lipinski definition) is 3. The molecule has 60 valence electrons. The first-order chi connectivity index (χ1) is 5.24. The van der Waals surface area contributed by atoms with Crippen molar-refractivity contribution in [3.05, 3.63) is 29.8 Å². The second kappa shape index (κ2) is 3.37. The molecule has 3 heteroatoms. The highest BCUT2D eigenvalue weighted by atomic mass is 16.5. The van der Waals surface area contributed by atoms with E-state index in [4.69, 9.17) is 10.9 Å². The lowest BCUT2D eigenvalue weighted by atomic mass is 10.1. The van der Waals surface area contributed by atoms with E-state index >= 15 is 0 Å². The number of rotatable bonds is 2. The molecule has 3 nitrogen and oxygen atoms in total. The van der Waals surface area contributed by atoms with Gasteiger partial charge in [0.1, 0.15) is 0 Å². The summed E-state index contributed by atoms with van der Waals surface area (Å²) in [5, 5.41) is 8.59. The molecule has 1 rings (SSSR count). The van der Waals surface area contributed by atoms with Crippen LogP contribution in [0.15, 0.2) is 24.3 Å². The maximum atomic E-state index is 8.59. The molecule has 0 aliphatic rings. The zero-order valence-electron chi connectivity index (χ0n) is 6.41. The Bertz CT molecular complexity index is 237. The third kappa shape index (κ3) is 1.93. The van der Waals surface area contributed by atoms with Gasteiger partial charge in [0.2, 0.25) is 0 Å². The molecule has 11 heavy (non-hydrogen) atoms. The molecule has 1 atom stereocenters. The summed E-state index contributed by atoms with van der Waals surface area (Å²) in [5.41, 5.74) is 9.39. The van der Waals surface area contributed by atoms with Crippen LogP contribution in [0.4, 0.5) is 5.69 Å².